The van der Waals surface area contributed by atoms with E-state index in [1.807, 2.05) is 19.9 Å². The van der Waals surface area contributed by atoms with Crippen LogP contribution in [0.3, 0.4) is 0 Å². The number of urea groups is 2. The first kappa shape index (κ1) is 29.3. The number of nitrogens with one attached hydrogen (secondary N) is 4. The van der Waals surface area contributed by atoms with Gasteiger partial charge in [-0.25, -0.2) is 19.0 Å². The summed E-state index contributed by atoms with van der Waals surface area (Å²) in [4.78, 5) is 39.5. The molecule has 3 aromatic heterocycles. The van der Waals surface area contributed by atoms with E-state index in [-0.39, 0.29) is 29.9 Å². The fourth-order valence-corrected chi connectivity index (χ4v) is 5.30. The molecule has 4 N–H and O–H groups in total. The highest BCUT2D eigenvalue weighted by molar-refractivity contribution is 7.19. The number of amides is 4. The third kappa shape index (κ3) is 7.74. The minimum Gasteiger partial charge on any atom is -0.453 e. The molecule has 0 bridgehead atoms. The van der Waals surface area contributed by atoms with Gasteiger partial charge in [0.15, 0.2) is 11.6 Å². The van der Waals surface area contributed by atoms with Crippen molar-refractivity contribution < 1.29 is 23.5 Å². The Hall–Kier alpha value is -4.23. The molecule has 1 saturated carbocycles. The van der Waals surface area contributed by atoms with E-state index in [2.05, 4.69) is 30.9 Å². The highest BCUT2D eigenvalue weighted by Gasteiger charge is 2.23. The number of carbonyl (C=O) groups is 2. The maximum absolute atomic E-state index is 14.9. The van der Waals surface area contributed by atoms with Crippen LogP contribution >= 0.6 is 11.3 Å². The summed E-state index contributed by atoms with van der Waals surface area (Å²) < 4.78 is 26.8. The molecule has 4 aromatic rings. The fraction of sp³-hybridized carbons (Fsp3) is 0.379. The minimum absolute atomic E-state index is 0.0213. The van der Waals surface area contributed by atoms with Crippen LogP contribution < -0.4 is 20.7 Å². The van der Waals surface area contributed by atoms with Gasteiger partial charge < -0.3 is 35.3 Å². The zero-order chi connectivity index (χ0) is 29.6. The number of imidazole rings is 1. The van der Waals surface area contributed by atoms with Crippen molar-refractivity contribution in [3.8, 4) is 11.5 Å². The van der Waals surface area contributed by atoms with Crippen LogP contribution in [0.4, 0.5) is 19.7 Å². The van der Waals surface area contributed by atoms with Crippen LogP contribution in [0, 0.1) is 5.82 Å². The third-order valence-electron chi connectivity index (χ3n) is 6.40. The molecule has 42 heavy (non-hydrogen) atoms. The summed E-state index contributed by atoms with van der Waals surface area (Å²) in [5.41, 5.74) is 1.88. The molecule has 0 aliphatic heterocycles. The quantitative estimate of drug-likeness (QED) is 0.174. The molecule has 5 rings (SSSR count). The molecule has 1 fully saturated rings. The van der Waals surface area contributed by atoms with Gasteiger partial charge in [-0.2, -0.15) is 0 Å². The van der Waals surface area contributed by atoms with Crippen molar-refractivity contribution >= 4 is 39.3 Å². The summed E-state index contributed by atoms with van der Waals surface area (Å²) in [6, 6.07) is 7.68. The zero-order valence-corrected chi connectivity index (χ0v) is 24.5. The van der Waals surface area contributed by atoms with Crippen molar-refractivity contribution in [1.29, 1.82) is 0 Å². The third-order valence-corrected chi connectivity index (χ3v) is 7.54. The van der Waals surface area contributed by atoms with Crippen molar-refractivity contribution in [2.75, 3.05) is 25.6 Å². The molecule has 0 radical (unpaired) electrons. The molecular weight excluding hydrogens is 561 g/mol. The Balaban J connectivity index is 1.25. The number of hydrogen-bond donors (Lipinski definition) is 4. The van der Waals surface area contributed by atoms with Gasteiger partial charge in [0.1, 0.15) is 11.6 Å². The lowest BCUT2D eigenvalue weighted by Crippen LogP contribution is -2.44. The number of fused-ring (bicyclic) bond motifs is 1. The monoisotopic (exact) mass is 595 g/mol. The number of pyridine rings is 1. The standard InChI is InChI=1S/C29H34FN7O4S/c1-17(2)33-29(39)37(10-11-40-3)16-20-15-32-26(34-20)14-21-13-23-27(42-21)25(8-9-31-23)41-24-7-6-19(12-22(24)30)36-28(38)35-18-4-5-18/h6-9,12-13,15,17-18H,4-5,10-11,14,16H2,1-3H3,(H,32,34)(H,33,39)(H2,35,36,38). The van der Waals surface area contributed by atoms with Gasteiger partial charge in [-0.15, -0.1) is 11.3 Å². The van der Waals surface area contributed by atoms with Gasteiger partial charge in [-0.05, 0) is 44.9 Å². The van der Waals surface area contributed by atoms with Crippen molar-refractivity contribution in [3.63, 3.8) is 0 Å². The average Bonchev–Trinajstić information content (AvgIpc) is 3.47. The number of aromatic nitrogens is 3. The number of nitrogens with zero attached hydrogens (tertiary/aromatic N) is 3. The Labute approximate surface area is 246 Å². The van der Waals surface area contributed by atoms with Crippen molar-refractivity contribution in [1.82, 2.24) is 30.5 Å². The first-order valence-electron chi connectivity index (χ1n) is 13.8. The number of methoxy groups -OCH3 is 1. The second kappa shape index (κ2) is 13.2. The minimum atomic E-state index is -0.592. The molecule has 0 saturated heterocycles. The number of benzene rings is 1. The predicted octanol–water partition coefficient (Wildman–Crippen LogP) is 5.39. The normalized spacial score (nSPS) is 12.9. The summed E-state index contributed by atoms with van der Waals surface area (Å²) >= 11 is 1.49. The van der Waals surface area contributed by atoms with Crippen molar-refractivity contribution in [2.45, 2.75) is 51.7 Å². The first-order chi connectivity index (χ1) is 20.3. The molecule has 222 valence electrons. The Morgan fingerprint density at radius 2 is 2.02 bits per heavy atom. The van der Waals surface area contributed by atoms with Crippen LogP contribution in [-0.2, 0) is 17.7 Å². The number of rotatable bonds is 12. The van der Waals surface area contributed by atoms with Crippen molar-refractivity contribution in [2.24, 2.45) is 0 Å². The largest absolute Gasteiger partial charge is 0.453 e. The molecule has 1 aromatic carbocycles. The molecule has 13 heteroatoms. The summed E-state index contributed by atoms with van der Waals surface area (Å²) in [5, 5.41) is 8.36. The van der Waals surface area contributed by atoms with Crippen LogP contribution in [0.25, 0.3) is 10.2 Å². The Kier molecular flexibility index (Phi) is 9.18. The molecule has 0 unspecified atom stereocenters. The van der Waals surface area contributed by atoms with Gasteiger partial charge >= 0.3 is 12.1 Å². The lowest BCUT2D eigenvalue weighted by molar-refractivity contribution is 0.145. The van der Waals surface area contributed by atoms with Crippen molar-refractivity contribution in [3.05, 3.63) is 64.9 Å². The number of thiophene rings is 1. The Bertz CT molecular complexity index is 1550. The second-order valence-electron chi connectivity index (χ2n) is 10.4. The highest BCUT2D eigenvalue weighted by Crippen LogP contribution is 2.36. The predicted molar refractivity (Wildman–Crippen MR) is 159 cm³/mol. The van der Waals surface area contributed by atoms with Crippen LogP contribution in [0.5, 0.6) is 11.5 Å². The number of anilines is 1. The molecule has 1 aliphatic rings. The summed E-state index contributed by atoms with van der Waals surface area (Å²) in [6.45, 7) is 5.07. The van der Waals surface area contributed by atoms with E-state index in [0.717, 1.165) is 39.5 Å². The summed E-state index contributed by atoms with van der Waals surface area (Å²) in [6.07, 6.45) is 5.80. The van der Waals surface area contributed by atoms with E-state index in [1.54, 1.807) is 36.5 Å². The van der Waals surface area contributed by atoms with Gasteiger partial charge in [0.05, 0.1) is 35.3 Å². The second-order valence-corrected chi connectivity index (χ2v) is 11.5. The molecule has 4 amide bonds. The molecule has 0 spiro atoms. The highest BCUT2D eigenvalue weighted by atomic mass is 32.1. The fourth-order valence-electron chi connectivity index (χ4n) is 4.23. The molecular formula is C29H34FN7O4S. The van der Waals surface area contributed by atoms with Gasteiger partial charge in [0.25, 0.3) is 0 Å². The summed E-state index contributed by atoms with van der Waals surface area (Å²) in [7, 11) is 1.60. The number of ether oxygens (including phenoxy) is 2. The van der Waals surface area contributed by atoms with Gasteiger partial charge in [0.2, 0.25) is 0 Å². The van der Waals surface area contributed by atoms with E-state index >= 15 is 0 Å². The first-order valence-corrected chi connectivity index (χ1v) is 14.6. The number of halogens is 1. The topological polar surface area (TPSA) is 134 Å². The van der Waals surface area contributed by atoms with E-state index in [0.29, 0.717) is 37.6 Å². The number of H-pyrrole nitrogens is 1. The molecule has 1 aliphatic carbocycles. The maximum Gasteiger partial charge on any atom is 0.319 e. The lowest BCUT2D eigenvalue weighted by atomic mass is 10.3. The van der Waals surface area contributed by atoms with Crippen LogP contribution in [0.1, 0.15) is 43.1 Å². The van der Waals surface area contributed by atoms with E-state index in [9.17, 15) is 14.0 Å². The molecule has 0 atom stereocenters. The van der Waals surface area contributed by atoms with Gasteiger partial charge in [-0.3, -0.25) is 4.98 Å². The van der Waals surface area contributed by atoms with E-state index in [1.165, 1.54) is 23.5 Å². The zero-order valence-electron chi connectivity index (χ0n) is 23.7. The summed E-state index contributed by atoms with van der Waals surface area (Å²) in [5.74, 6) is 0.675. The van der Waals surface area contributed by atoms with Crippen LogP contribution in [0.15, 0.2) is 42.7 Å². The van der Waals surface area contributed by atoms with E-state index < -0.39 is 5.82 Å². The smallest absolute Gasteiger partial charge is 0.319 e. The van der Waals surface area contributed by atoms with Crippen LogP contribution in [-0.4, -0.2) is 64.3 Å². The molecule has 3 heterocycles. The number of hydrogen-bond acceptors (Lipinski definition) is 7. The van der Waals surface area contributed by atoms with Crippen LogP contribution in [0.2, 0.25) is 0 Å². The van der Waals surface area contributed by atoms with Gasteiger partial charge in [0, 0.05) is 61.1 Å². The average molecular weight is 596 g/mol. The van der Waals surface area contributed by atoms with E-state index in [4.69, 9.17) is 9.47 Å². The molecule has 11 nitrogen and oxygen atoms in total. The number of carbonyl (C=O) groups excluding carboxylic acids is 2. The number of aromatic amines is 1. The Morgan fingerprint density at radius 1 is 1.19 bits per heavy atom. The maximum atomic E-state index is 14.9. The van der Waals surface area contributed by atoms with Gasteiger partial charge in [-0.1, -0.05) is 0 Å². The Morgan fingerprint density at radius 3 is 2.76 bits per heavy atom. The lowest BCUT2D eigenvalue weighted by Gasteiger charge is -2.23. The SMILES string of the molecule is COCCN(Cc1cnc(Cc2cc3nccc(Oc4ccc(NC(=O)NC5CC5)cc4F)c3s2)[nH]1)C(=O)NC(C)C.